The number of halogens is 2. The van der Waals surface area contributed by atoms with Gasteiger partial charge in [-0.1, -0.05) is 30.1 Å². The topological polar surface area (TPSA) is 66.9 Å². The first-order valence-electron chi connectivity index (χ1n) is 8.67. The molecule has 3 rings (SSSR count). The Kier molecular flexibility index (Phi) is 6.14. The van der Waals surface area contributed by atoms with Gasteiger partial charge in [0.25, 0.3) is 5.91 Å². The molecule has 0 radical (unpaired) electrons. The van der Waals surface area contributed by atoms with Crippen molar-refractivity contribution in [3.63, 3.8) is 0 Å². The molecule has 0 atom stereocenters. The lowest BCUT2D eigenvalue weighted by Crippen LogP contribution is -2.41. The predicted octanol–water partition coefficient (Wildman–Crippen LogP) is 2.89. The van der Waals surface area contributed by atoms with Gasteiger partial charge in [-0.2, -0.15) is 4.31 Å². The van der Waals surface area contributed by atoms with Crippen molar-refractivity contribution in [1.82, 2.24) is 9.21 Å². The van der Waals surface area contributed by atoms with Gasteiger partial charge in [0.1, 0.15) is 4.90 Å². The van der Waals surface area contributed by atoms with Crippen LogP contribution >= 0.6 is 23.2 Å². The van der Waals surface area contributed by atoms with Crippen LogP contribution in [0.15, 0.2) is 17.0 Å². The van der Waals surface area contributed by atoms with Gasteiger partial charge in [-0.3, -0.25) is 4.79 Å². The number of carbonyl (C=O) groups excluding carboxylic acids is 1. The average molecular weight is 421 g/mol. The van der Waals surface area contributed by atoms with Gasteiger partial charge in [0.05, 0.1) is 28.8 Å². The van der Waals surface area contributed by atoms with E-state index in [1.807, 2.05) is 0 Å². The first-order chi connectivity index (χ1) is 12.3. The molecule has 0 bridgehead atoms. The van der Waals surface area contributed by atoms with Crippen molar-refractivity contribution in [2.45, 2.75) is 24.7 Å². The SMILES string of the molecule is CC1CCN(C(=O)c2cc(S(=O)(=O)N3CCOCC3)c(Cl)cc2Cl)CC1. The van der Waals surface area contributed by atoms with E-state index in [2.05, 4.69) is 6.92 Å². The van der Waals surface area contributed by atoms with E-state index in [1.54, 1.807) is 4.90 Å². The van der Waals surface area contributed by atoms with Gasteiger partial charge in [0, 0.05) is 26.2 Å². The summed E-state index contributed by atoms with van der Waals surface area (Å²) in [6.07, 6.45) is 1.85. The van der Waals surface area contributed by atoms with E-state index in [0.29, 0.717) is 32.2 Å². The van der Waals surface area contributed by atoms with Crippen LogP contribution in [0.2, 0.25) is 10.0 Å². The molecule has 0 unspecified atom stereocenters. The highest BCUT2D eigenvalue weighted by molar-refractivity contribution is 7.89. The lowest BCUT2D eigenvalue weighted by molar-refractivity contribution is 0.0696. The van der Waals surface area contributed by atoms with Gasteiger partial charge in [-0.25, -0.2) is 8.42 Å². The number of nitrogens with zero attached hydrogens (tertiary/aromatic N) is 2. The molecule has 2 aliphatic rings. The number of hydrogen-bond donors (Lipinski definition) is 0. The summed E-state index contributed by atoms with van der Waals surface area (Å²) in [5.74, 6) is 0.328. The Morgan fingerprint density at radius 1 is 1.08 bits per heavy atom. The summed E-state index contributed by atoms with van der Waals surface area (Å²) in [5.41, 5.74) is 0.178. The standard InChI is InChI=1S/C17H22Cl2N2O4S/c1-12-2-4-20(5-3-12)17(22)13-10-16(15(19)11-14(13)18)26(23,24)21-6-8-25-9-7-21/h10-12H,2-9H2,1H3. The molecule has 1 aromatic rings. The molecule has 144 valence electrons. The molecule has 0 N–H and O–H groups in total. The second kappa shape index (κ2) is 8.02. The number of likely N-dealkylation sites (tertiary alicyclic amines) is 1. The molecule has 6 nitrogen and oxygen atoms in total. The van der Waals surface area contributed by atoms with Crippen LogP contribution in [0, 0.1) is 5.92 Å². The number of piperidine rings is 1. The maximum absolute atomic E-state index is 12.9. The van der Waals surface area contributed by atoms with Crippen molar-refractivity contribution in [2.75, 3.05) is 39.4 Å². The first kappa shape index (κ1) is 19.9. The van der Waals surface area contributed by atoms with Gasteiger partial charge in [0.2, 0.25) is 10.0 Å². The Hall–Kier alpha value is -0.860. The largest absolute Gasteiger partial charge is 0.379 e. The summed E-state index contributed by atoms with van der Waals surface area (Å²) in [6.45, 7) is 4.63. The lowest BCUT2D eigenvalue weighted by Gasteiger charge is -2.31. The molecular formula is C17H22Cl2N2O4S. The zero-order chi connectivity index (χ0) is 18.9. The number of hydrogen-bond acceptors (Lipinski definition) is 4. The lowest BCUT2D eigenvalue weighted by atomic mass is 9.98. The van der Waals surface area contributed by atoms with E-state index in [-0.39, 0.29) is 39.5 Å². The van der Waals surface area contributed by atoms with E-state index in [4.69, 9.17) is 27.9 Å². The highest BCUT2D eigenvalue weighted by atomic mass is 35.5. The van der Waals surface area contributed by atoms with Crippen molar-refractivity contribution in [3.8, 4) is 0 Å². The van der Waals surface area contributed by atoms with Crippen LogP contribution < -0.4 is 0 Å². The summed E-state index contributed by atoms with van der Waals surface area (Å²) in [4.78, 5) is 14.5. The van der Waals surface area contributed by atoms with Crippen molar-refractivity contribution in [2.24, 2.45) is 5.92 Å². The summed E-state index contributed by atoms with van der Waals surface area (Å²) in [5, 5.41) is 0.185. The number of benzene rings is 1. The van der Waals surface area contributed by atoms with Crippen LogP contribution in [0.3, 0.4) is 0 Å². The summed E-state index contributed by atoms with van der Waals surface area (Å²) < 4.78 is 32.4. The van der Waals surface area contributed by atoms with Gasteiger partial charge < -0.3 is 9.64 Å². The average Bonchev–Trinajstić information content (AvgIpc) is 2.62. The summed E-state index contributed by atoms with van der Waals surface area (Å²) >= 11 is 12.4. The Morgan fingerprint density at radius 2 is 1.69 bits per heavy atom. The second-order valence-electron chi connectivity index (χ2n) is 6.75. The van der Waals surface area contributed by atoms with Crippen LogP contribution in [0.1, 0.15) is 30.1 Å². The van der Waals surface area contributed by atoms with Crippen molar-refractivity contribution < 1.29 is 17.9 Å². The molecule has 2 aliphatic heterocycles. The zero-order valence-electron chi connectivity index (χ0n) is 14.6. The monoisotopic (exact) mass is 420 g/mol. The van der Waals surface area contributed by atoms with Crippen LogP contribution in [0.25, 0.3) is 0 Å². The molecule has 0 aliphatic carbocycles. The van der Waals surface area contributed by atoms with E-state index in [1.165, 1.54) is 16.4 Å². The Balaban J connectivity index is 1.93. The normalized spacial score (nSPS) is 20.3. The maximum atomic E-state index is 12.9. The van der Waals surface area contributed by atoms with E-state index in [9.17, 15) is 13.2 Å². The van der Waals surface area contributed by atoms with Crippen LogP contribution in [-0.2, 0) is 14.8 Å². The molecular weight excluding hydrogens is 399 g/mol. The van der Waals surface area contributed by atoms with Crippen LogP contribution in [0.4, 0.5) is 0 Å². The number of ether oxygens (including phenoxy) is 1. The number of morpholine rings is 1. The fourth-order valence-corrected chi connectivity index (χ4v) is 5.44. The van der Waals surface area contributed by atoms with Crippen molar-refractivity contribution in [3.05, 3.63) is 27.7 Å². The highest BCUT2D eigenvalue weighted by Gasteiger charge is 2.31. The van der Waals surface area contributed by atoms with Crippen molar-refractivity contribution >= 4 is 39.1 Å². The smallest absolute Gasteiger partial charge is 0.255 e. The maximum Gasteiger partial charge on any atom is 0.255 e. The van der Waals surface area contributed by atoms with Gasteiger partial charge in [-0.05, 0) is 30.9 Å². The predicted molar refractivity (Wildman–Crippen MR) is 100 cm³/mol. The quantitative estimate of drug-likeness (QED) is 0.753. The second-order valence-corrected chi connectivity index (χ2v) is 9.47. The van der Waals surface area contributed by atoms with E-state index >= 15 is 0 Å². The van der Waals surface area contributed by atoms with Gasteiger partial charge in [0.15, 0.2) is 0 Å². The summed E-state index contributed by atoms with van der Waals surface area (Å²) in [7, 11) is -3.81. The molecule has 9 heteroatoms. The molecule has 26 heavy (non-hydrogen) atoms. The Morgan fingerprint density at radius 3 is 2.31 bits per heavy atom. The van der Waals surface area contributed by atoms with Gasteiger partial charge >= 0.3 is 0 Å². The zero-order valence-corrected chi connectivity index (χ0v) is 16.9. The number of carbonyl (C=O) groups is 1. The molecule has 1 amide bonds. The minimum absolute atomic E-state index is 0.0188. The highest BCUT2D eigenvalue weighted by Crippen LogP contribution is 2.32. The third-order valence-corrected chi connectivity index (χ3v) is 7.59. The van der Waals surface area contributed by atoms with Crippen LogP contribution in [0.5, 0.6) is 0 Å². The van der Waals surface area contributed by atoms with E-state index in [0.717, 1.165) is 12.8 Å². The van der Waals surface area contributed by atoms with Gasteiger partial charge in [-0.15, -0.1) is 0 Å². The minimum Gasteiger partial charge on any atom is -0.379 e. The molecule has 0 saturated carbocycles. The number of amides is 1. The minimum atomic E-state index is -3.81. The fourth-order valence-electron chi connectivity index (χ4n) is 3.20. The molecule has 1 aromatic carbocycles. The molecule has 0 spiro atoms. The van der Waals surface area contributed by atoms with E-state index < -0.39 is 10.0 Å². The number of sulfonamides is 1. The van der Waals surface area contributed by atoms with Crippen LogP contribution in [-0.4, -0.2) is 62.9 Å². The molecule has 2 fully saturated rings. The molecule has 0 aromatic heterocycles. The van der Waals surface area contributed by atoms with Crippen molar-refractivity contribution in [1.29, 1.82) is 0 Å². The first-order valence-corrected chi connectivity index (χ1v) is 10.9. The Labute approximate surface area is 164 Å². The third kappa shape index (κ3) is 4.02. The molecule has 2 saturated heterocycles. The summed E-state index contributed by atoms with van der Waals surface area (Å²) in [6, 6.07) is 2.66. The Bertz CT molecular complexity index is 786. The fraction of sp³-hybridized carbons (Fsp3) is 0.588. The molecule has 2 heterocycles. The number of rotatable bonds is 3. The third-order valence-electron chi connectivity index (χ3n) is 4.91.